The summed E-state index contributed by atoms with van der Waals surface area (Å²) < 4.78 is 5.02. The zero-order valence-electron chi connectivity index (χ0n) is 9.47. The zero-order valence-corrected chi connectivity index (χ0v) is 9.47. The van der Waals surface area contributed by atoms with Crippen molar-refractivity contribution in [2.75, 3.05) is 17.7 Å². The van der Waals surface area contributed by atoms with E-state index in [-0.39, 0.29) is 0 Å². The minimum absolute atomic E-state index is 0.709. The lowest BCUT2D eigenvalue weighted by molar-refractivity contribution is 0.390. The van der Waals surface area contributed by atoms with Crippen molar-refractivity contribution in [2.24, 2.45) is 0 Å². The first kappa shape index (κ1) is 10.5. The second kappa shape index (κ2) is 4.26. The molecule has 0 bridgehead atoms. The van der Waals surface area contributed by atoms with Gasteiger partial charge in [-0.25, -0.2) is 0 Å². The molecule has 84 valence electrons. The van der Waals surface area contributed by atoms with Crippen LogP contribution >= 0.6 is 0 Å². The summed E-state index contributed by atoms with van der Waals surface area (Å²) in [7, 11) is 2.00. The molecule has 0 fully saturated rings. The molecule has 0 amide bonds. The molecule has 16 heavy (non-hydrogen) atoms. The maximum atomic E-state index is 5.73. The fourth-order valence-corrected chi connectivity index (χ4v) is 1.59. The molecule has 2 aromatic rings. The third-order valence-corrected chi connectivity index (χ3v) is 2.39. The average Bonchev–Trinajstić information content (AvgIpc) is 2.64. The molecule has 1 aromatic heterocycles. The number of hydrogen-bond acceptors (Lipinski definition) is 4. The number of nitrogen functional groups attached to an aromatic ring is 1. The highest BCUT2D eigenvalue weighted by atomic mass is 16.5. The summed E-state index contributed by atoms with van der Waals surface area (Å²) in [5.74, 6) is 0.830. The number of nitrogens with two attached hydrogens (primary N) is 1. The standard InChI is InChI=1S/C12H15N3O/c1-9-6-11(14-16-9)8-15(2)12-5-3-4-10(13)7-12/h3-7H,8,13H2,1-2H3. The third kappa shape index (κ3) is 2.34. The van der Waals surface area contributed by atoms with Gasteiger partial charge in [0.05, 0.1) is 6.54 Å². The smallest absolute Gasteiger partial charge is 0.133 e. The van der Waals surface area contributed by atoms with Gasteiger partial charge < -0.3 is 15.2 Å². The lowest BCUT2D eigenvalue weighted by Gasteiger charge is -2.17. The van der Waals surface area contributed by atoms with Gasteiger partial charge in [-0.15, -0.1) is 0 Å². The highest BCUT2D eigenvalue weighted by Crippen LogP contribution is 2.18. The fraction of sp³-hybridized carbons (Fsp3) is 0.250. The molecule has 1 aromatic carbocycles. The van der Waals surface area contributed by atoms with Crippen LogP contribution in [0, 0.1) is 6.92 Å². The molecule has 0 spiro atoms. The first-order valence-electron chi connectivity index (χ1n) is 5.14. The van der Waals surface area contributed by atoms with Gasteiger partial charge in [-0.2, -0.15) is 0 Å². The largest absolute Gasteiger partial charge is 0.399 e. The van der Waals surface area contributed by atoms with E-state index in [4.69, 9.17) is 10.3 Å². The molecule has 0 aliphatic rings. The van der Waals surface area contributed by atoms with Crippen LogP contribution < -0.4 is 10.6 Å². The molecule has 4 heteroatoms. The molecule has 0 radical (unpaired) electrons. The van der Waals surface area contributed by atoms with Gasteiger partial charge in [-0.3, -0.25) is 0 Å². The van der Waals surface area contributed by atoms with Crippen molar-refractivity contribution in [3.05, 3.63) is 41.8 Å². The third-order valence-electron chi connectivity index (χ3n) is 2.39. The normalized spacial score (nSPS) is 10.4. The summed E-state index contributed by atoms with van der Waals surface area (Å²) >= 11 is 0. The summed E-state index contributed by atoms with van der Waals surface area (Å²) in [6.07, 6.45) is 0. The Morgan fingerprint density at radius 3 is 2.81 bits per heavy atom. The molecule has 0 saturated heterocycles. The van der Waals surface area contributed by atoms with Gasteiger partial charge in [-0.1, -0.05) is 11.2 Å². The molecule has 0 saturated carbocycles. The van der Waals surface area contributed by atoms with Gasteiger partial charge in [0.2, 0.25) is 0 Å². The molecular weight excluding hydrogens is 202 g/mol. The van der Waals surface area contributed by atoms with Crippen molar-refractivity contribution in [1.29, 1.82) is 0 Å². The van der Waals surface area contributed by atoms with E-state index in [1.165, 1.54) is 0 Å². The van der Waals surface area contributed by atoms with Gasteiger partial charge in [0.1, 0.15) is 11.5 Å². The Labute approximate surface area is 94.6 Å². The molecule has 0 aliphatic heterocycles. The lowest BCUT2D eigenvalue weighted by Crippen LogP contribution is -2.16. The highest BCUT2D eigenvalue weighted by molar-refractivity contribution is 5.55. The highest BCUT2D eigenvalue weighted by Gasteiger charge is 2.05. The predicted molar refractivity (Wildman–Crippen MR) is 64.2 cm³/mol. The molecule has 0 aliphatic carbocycles. The number of aromatic nitrogens is 1. The summed E-state index contributed by atoms with van der Waals surface area (Å²) in [6.45, 7) is 2.60. The van der Waals surface area contributed by atoms with E-state index in [0.717, 1.165) is 22.8 Å². The van der Waals surface area contributed by atoms with E-state index in [1.807, 2.05) is 44.3 Å². The van der Waals surface area contributed by atoms with E-state index < -0.39 is 0 Å². The van der Waals surface area contributed by atoms with Crippen LogP contribution in [-0.4, -0.2) is 12.2 Å². The maximum Gasteiger partial charge on any atom is 0.133 e. The Hall–Kier alpha value is -1.97. The van der Waals surface area contributed by atoms with Gasteiger partial charge in [-0.05, 0) is 25.1 Å². The zero-order chi connectivity index (χ0) is 11.5. The van der Waals surface area contributed by atoms with Crippen molar-refractivity contribution in [2.45, 2.75) is 13.5 Å². The number of benzene rings is 1. The second-order valence-corrected chi connectivity index (χ2v) is 3.88. The average molecular weight is 217 g/mol. The van der Waals surface area contributed by atoms with E-state index in [9.17, 15) is 0 Å². The number of hydrogen-bond donors (Lipinski definition) is 1. The van der Waals surface area contributed by atoms with Crippen molar-refractivity contribution in [3.63, 3.8) is 0 Å². The van der Waals surface area contributed by atoms with Crippen LogP contribution in [-0.2, 0) is 6.54 Å². The van der Waals surface area contributed by atoms with Gasteiger partial charge in [0.15, 0.2) is 0 Å². The van der Waals surface area contributed by atoms with Crippen molar-refractivity contribution in [3.8, 4) is 0 Å². The molecule has 4 nitrogen and oxygen atoms in total. The number of rotatable bonds is 3. The summed E-state index contributed by atoms with van der Waals surface area (Å²) in [4.78, 5) is 2.08. The van der Waals surface area contributed by atoms with Crippen molar-refractivity contribution >= 4 is 11.4 Å². The topological polar surface area (TPSA) is 55.3 Å². The summed E-state index contributed by atoms with van der Waals surface area (Å²) in [6, 6.07) is 9.70. The Balaban J connectivity index is 2.11. The van der Waals surface area contributed by atoms with Crippen LogP contribution in [0.4, 0.5) is 11.4 Å². The Morgan fingerprint density at radius 2 is 2.19 bits per heavy atom. The second-order valence-electron chi connectivity index (χ2n) is 3.88. The quantitative estimate of drug-likeness (QED) is 0.801. The summed E-state index contributed by atoms with van der Waals surface area (Å²) in [5.41, 5.74) is 8.49. The molecule has 2 N–H and O–H groups in total. The van der Waals surface area contributed by atoms with Gasteiger partial charge >= 0.3 is 0 Å². The first-order chi connectivity index (χ1) is 7.65. The number of anilines is 2. The van der Waals surface area contributed by atoms with E-state index in [0.29, 0.717) is 6.54 Å². The molecule has 0 unspecified atom stereocenters. The lowest BCUT2D eigenvalue weighted by atomic mass is 10.2. The number of nitrogens with zero attached hydrogens (tertiary/aromatic N) is 2. The Kier molecular flexibility index (Phi) is 2.81. The van der Waals surface area contributed by atoms with Crippen LogP contribution in [0.1, 0.15) is 11.5 Å². The fourth-order valence-electron chi connectivity index (χ4n) is 1.59. The van der Waals surface area contributed by atoms with Gasteiger partial charge in [0, 0.05) is 24.5 Å². The van der Waals surface area contributed by atoms with Crippen LogP contribution in [0.25, 0.3) is 0 Å². The number of aryl methyl sites for hydroxylation is 1. The van der Waals surface area contributed by atoms with E-state index in [1.54, 1.807) is 0 Å². The molecular formula is C12H15N3O. The first-order valence-corrected chi connectivity index (χ1v) is 5.14. The maximum absolute atomic E-state index is 5.73. The Morgan fingerprint density at radius 1 is 1.38 bits per heavy atom. The van der Waals surface area contributed by atoms with E-state index in [2.05, 4.69) is 10.1 Å². The summed E-state index contributed by atoms with van der Waals surface area (Å²) in [5, 5.41) is 3.96. The van der Waals surface area contributed by atoms with Crippen molar-refractivity contribution in [1.82, 2.24) is 5.16 Å². The Bertz CT molecular complexity index is 479. The molecule has 2 rings (SSSR count). The van der Waals surface area contributed by atoms with Crippen LogP contribution in [0.5, 0.6) is 0 Å². The van der Waals surface area contributed by atoms with E-state index >= 15 is 0 Å². The monoisotopic (exact) mass is 217 g/mol. The predicted octanol–water partition coefficient (Wildman–Crippen LogP) is 2.20. The van der Waals surface area contributed by atoms with Crippen molar-refractivity contribution < 1.29 is 4.52 Å². The van der Waals surface area contributed by atoms with Crippen LogP contribution in [0.15, 0.2) is 34.9 Å². The van der Waals surface area contributed by atoms with Crippen LogP contribution in [0.3, 0.4) is 0 Å². The molecule has 0 atom stereocenters. The minimum Gasteiger partial charge on any atom is -0.399 e. The van der Waals surface area contributed by atoms with Gasteiger partial charge in [0.25, 0.3) is 0 Å². The van der Waals surface area contributed by atoms with Crippen LogP contribution in [0.2, 0.25) is 0 Å². The molecule has 1 heterocycles. The SMILES string of the molecule is Cc1cc(CN(C)c2cccc(N)c2)no1. The minimum atomic E-state index is 0.709.